The van der Waals surface area contributed by atoms with Crippen LogP contribution in [0.4, 0.5) is 0 Å². The van der Waals surface area contributed by atoms with E-state index in [0.29, 0.717) is 29.4 Å². The zero-order valence-electron chi connectivity index (χ0n) is 17.1. The topological polar surface area (TPSA) is 55.2 Å². The van der Waals surface area contributed by atoms with Gasteiger partial charge < -0.3 is 0 Å². The van der Waals surface area contributed by atoms with E-state index < -0.39 is 10.0 Å². The molecule has 0 saturated heterocycles. The third kappa shape index (κ3) is 5.20. The van der Waals surface area contributed by atoms with Crippen LogP contribution >= 0.6 is 0 Å². The number of sulfonamides is 1. The van der Waals surface area contributed by atoms with E-state index in [1.807, 2.05) is 37.3 Å². The fourth-order valence-corrected chi connectivity index (χ4v) is 5.25. The highest BCUT2D eigenvalue weighted by atomic mass is 32.2. The molecule has 150 valence electrons. The number of aryl methyl sites for hydroxylation is 1. The largest absolute Gasteiger partial charge is 0.246 e. The summed E-state index contributed by atoms with van der Waals surface area (Å²) in [5, 5.41) is 4.53. The number of hydrogen-bond donors (Lipinski definition) is 0. The van der Waals surface area contributed by atoms with Gasteiger partial charge in [-0.2, -0.15) is 9.40 Å². The van der Waals surface area contributed by atoms with Gasteiger partial charge in [-0.1, -0.05) is 57.7 Å². The highest BCUT2D eigenvalue weighted by molar-refractivity contribution is 7.89. The molecule has 0 bridgehead atoms. The first-order valence-electron chi connectivity index (χ1n) is 10.0. The van der Waals surface area contributed by atoms with Gasteiger partial charge in [0.25, 0.3) is 0 Å². The minimum absolute atomic E-state index is 0.361. The molecule has 0 atom stereocenters. The van der Waals surface area contributed by atoms with E-state index in [9.17, 15) is 8.42 Å². The third-order valence-corrected chi connectivity index (χ3v) is 7.00. The summed E-state index contributed by atoms with van der Waals surface area (Å²) in [6.07, 6.45) is 6.03. The summed E-state index contributed by atoms with van der Waals surface area (Å²) in [5.41, 5.74) is 2.12. The molecule has 5 nitrogen and oxygen atoms in total. The number of nitrogens with zero attached hydrogens (tertiary/aromatic N) is 3. The maximum absolute atomic E-state index is 13.5. The molecule has 0 N–H and O–H groups in total. The smallest absolute Gasteiger partial charge is 0.236 e. The summed E-state index contributed by atoms with van der Waals surface area (Å²) in [6, 6.07) is 9.69. The Labute approximate surface area is 164 Å². The summed E-state index contributed by atoms with van der Waals surface area (Å²) in [6.45, 7) is 9.05. The van der Waals surface area contributed by atoms with Crippen molar-refractivity contribution in [2.24, 2.45) is 0 Å². The van der Waals surface area contributed by atoms with Gasteiger partial charge in [0.1, 0.15) is 4.90 Å². The van der Waals surface area contributed by atoms with Crippen LogP contribution in [0.2, 0.25) is 0 Å². The molecule has 27 heavy (non-hydrogen) atoms. The second kappa shape index (κ2) is 10.0. The molecule has 0 spiro atoms. The molecule has 0 aliphatic rings. The van der Waals surface area contributed by atoms with Crippen LogP contribution < -0.4 is 0 Å². The Hall–Kier alpha value is -1.66. The van der Waals surface area contributed by atoms with Crippen molar-refractivity contribution in [3.05, 3.63) is 41.7 Å². The minimum atomic E-state index is -3.56. The number of para-hydroxylation sites is 1. The number of unbranched alkanes of at least 4 members (excludes halogenated alkanes) is 4. The van der Waals surface area contributed by atoms with Crippen molar-refractivity contribution >= 4 is 10.0 Å². The average Bonchev–Trinajstić information content (AvgIpc) is 2.96. The van der Waals surface area contributed by atoms with Crippen LogP contribution in [-0.4, -0.2) is 35.6 Å². The van der Waals surface area contributed by atoms with Crippen LogP contribution in [-0.2, 0) is 10.0 Å². The van der Waals surface area contributed by atoms with E-state index in [0.717, 1.165) is 44.2 Å². The molecule has 0 aliphatic heterocycles. The van der Waals surface area contributed by atoms with E-state index in [1.165, 1.54) is 0 Å². The summed E-state index contributed by atoms with van der Waals surface area (Å²) in [4.78, 5) is 0.361. The van der Waals surface area contributed by atoms with Crippen LogP contribution in [0.1, 0.15) is 63.8 Å². The van der Waals surface area contributed by atoms with Crippen molar-refractivity contribution in [3.8, 4) is 5.69 Å². The maximum Gasteiger partial charge on any atom is 0.246 e. The van der Waals surface area contributed by atoms with E-state index >= 15 is 0 Å². The predicted octanol–water partition coefficient (Wildman–Crippen LogP) is 4.86. The van der Waals surface area contributed by atoms with Crippen molar-refractivity contribution in [1.82, 2.24) is 14.1 Å². The Balaban J connectivity index is 2.38. The number of rotatable bonds is 11. The molecule has 1 heterocycles. The monoisotopic (exact) mass is 391 g/mol. The Kier molecular flexibility index (Phi) is 8.05. The number of aromatic nitrogens is 2. The van der Waals surface area contributed by atoms with Gasteiger partial charge in [-0.05, 0) is 38.8 Å². The lowest BCUT2D eigenvalue weighted by Gasteiger charge is -2.22. The highest BCUT2D eigenvalue weighted by Crippen LogP contribution is 2.26. The Morgan fingerprint density at radius 3 is 2.00 bits per heavy atom. The Bertz CT molecular complexity index is 803. The molecule has 2 aromatic rings. The zero-order valence-corrected chi connectivity index (χ0v) is 17.9. The van der Waals surface area contributed by atoms with Gasteiger partial charge in [0, 0.05) is 13.1 Å². The minimum Gasteiger partial charge on any atom is -0.236 e. The van der Waals surface area contributed by atoms with E-state index in [-0.39, 0.29) is 0 Å². The van der Waals surface area contributed by atoms with E-state index in [4.69, 9.17) is 0 Å². The third-order valence-electron chi connectivity index (χ3n) is 4.85. The van der Waals surface area contributed by atoms with Crippen LogP contribution in [0.15, 0.2) is 35.2 Å². The van der Waals surface area contributed by atoms with Gasteiger partial charge in [0.2, 0.25) is 10.0 Å². The van der Waals surface area contributed by atoms with Gasteiger partial charge in [0.05, 0.1) is 17.1 Å². The first-order valence-corrected chi connectivity index (χ1v) is 11.5. The molecular formula is C21H33N3O2S. The lowest BCUT2D eigenvalue weighted by molar-refractivity contribution is 0.388. The summed E-state index contributed by atoms with van der Waals surface area (Å²) in [7, 11) is -3.56. The van der Waals surface area contributed by atoms with Crippen molar-refractivity contribution in [1.29, 1.82) is 0 Å². The van der Waals surface area contributed by atoms with Gasteiger partial charge in [0.15, 0.2) is 0 Å². The Morgan fingerprint density at radius 1 is 0.926 bits per heavy atom. The molecule has 0 unspecified atom stereocenters. The normalized spacial score (nSPS) is 12.0. The lowest BCUT2D eigenvalue weighted by Crippen LogP contribution is -2.33. The molecule has 0 saturated carbocycles. The first-order chi connectivity index (χ1) is 12.9. The second-order valence-electron chi connectivity index (χ2n) is 7.07. The predicted molar refractivity (Wildman–Crippen MR) is 111 cm³/mol. The summed E-state index contributed by atoms with van der Waals surface area (Å²) >= 11 is 0. The van der Waals surface area contributed by atoms with Gasteiger partial charge in [-0.15, -0.1) is 0 Å². The number of hydrogen-bond acceptors (Lipinski definition) is 3. The molecule has 0 amide bonds. The summed E-state index contributed by atoms with van der Waals surface area (Å²) < 4.78 is 30.4. The van der Waals surface area contributed by atoms with Gasteiger partial charge >= 0.3 is 0 Å². The van der Waals surface area contributed by atoms with Crippen LogP contribution in [0.5, 0.6) is 0 Å². The summed E-state index contributed by atoms with van der Waals surface area (Å²) in [5.74, 6) is 0. The van der Waals surface area contributed by atoms with Crippen LogP contribution in [0, 0.1) is 13.8 Å². The van der Waals surface area contributed by atoms with Crippen LogP contribution in [0.25, 0.3) is 5.69 Å². The number of benzene rings is 1. The SMILES string of the molecule is CCCCCN(CCCCC)S(=O)(=O)c1c(C)nn(-c2ccccc2)c1C. The van der Waals surface area contributed by atoms with E-state index in [1.54, 1.807) is 15.9 Å². The van der Waals surface area contributed by atoms with E-state index in [2.05, 4.69) is 18.9 Å². The molecule has 2 rings (SSSR count). The van der Waals surface area contributed by atoms with Crippen molar-refractivity contribution in [2.75, 3.05) is 13.1 Å². The average molecular weight is 392 g/mol. The highest BCUT2D eigenvalue weighted by Gasteiger charge is 2.30. The zero-order chi connectivity index (χ0) is 19.9. The fraction of sp³-hybridized carbons (Fsp3) is 0.571. The molecular weight excluding hydrogens is 358 g/mol. The van der Waals surface area contributed by atoms with Crippen molar-refractivity contribution in [3.63, 3.8) is 0 Å². The van der Waals surface area contributed by atoms with Gasteiger partial charge in [-0.3, -0.25) is 0 Å². The fourth-order valence-electron chi connectivity index (χ4n) is 3.38. The lowest BCUT2D eigenvalue weighted by atomic mass is 10.2. The molecule has 1 aromatic carbocycles. The van der Waals surface area contributed by atoms with Crippen LogP contribution in [0.3, 0.4) is 0 Å². The Morgan fingerprint density at radius 2 is 1.48 bits per heavy atom. The molecule has 0 fully saturated rings. The standard InChI is InChI=1S/C21H33N3O2S/c1-5-7-12-16-23(17-13-8-6-2)27(25,26)21-18(3)22-24(19(21)4)20-14-10-9-11-15-20/h9-11,14-15H,5-8,12-13,16-17H2,1-4H3. The van der Waals surface area contributed by atoms with Gasteiger partial charge in [-0.25, -0.2) is 13.1 Å². The molecule has 6 heteroatoms. The van der Waals surface area contributed by atoms with Crippen molar-refractivity contribution in [2.45, 2.75) is 71.1 Å². The maximum atomic E-state index is 13.5. The quantitative estimate of drug-likeness (QED) is 0.514. The molecule has 1 aromatic heterocycles. The van der Waals surface area contributed by atoms with Crippen molar-refractivity contribution < 1.29 is 8.42 Å². The molecule has 0 radical (unpaired) electrons. The molecule has 0 aliphatic carbocycles. The second-order valence-corrected chi connectivity index (χ2v) is 8.94. The first kappa shape index (κ1) is 21.6.